The van der Waals surface area contributed by atoms with Crippen molar-refractivity contribution in [1.29, 1.82) is 0 Å². The van der Waals surface area contributed by atoms with Gasteiger partial charge in [-0.25, -0.2) is 4.79 Å². The van der Waals surface area contributed by atoms with Crippen LogP contribution in [0, 0.1) is 0 Å². The van der Waals surface area contributed by atoms with E-state index in [0.29, 0.717) is 0 Å². The lowest BCUT2D eigenvalue weighted by Gasteiger charge is -2.20. The molecular weight excluding hydrogens is 244 g/mol. The number of anilines is 1. The molecule has 0 spiro atoms. The van der Waals surface area contributed by atoms with Crippen LogP contribution in [-0.4, -0.2) is 18.2 Å². The number of esters is 1. The van der Waals surface area contributed by atoms with Crippen molar-refractivity contribution in [1.82, 2.24) is 0 Å². The van der Waals surface area contributed by atoms with E-state index in [9.17, 15) is 13.6 Å². The lowest BCUT2D eigenvalue weighted by Crippen LogP contribution is -2.24. The highest BCUT2D eigenvalue weighted by molar-refractivity contribution is 5.95. The monoisotopic (exact) mass is 259 g/mol. The van der Waals surface area contributed by atoms with E-state index in [1.165, 1.54) is 12.1 Å². The zero-order valence-corrected chi connectivity index (χ0v) is 10.4. The van der Waals surface area contributed by atoms with Crippen LogP contribution in [0.25, 0.3) is 0 Å². The van der Waals surface area contributed by atoms with Crippen LogP contribution in [0.2, 0.25) is 0 Å². The maximum absolute atomic E-state index is 12.0. The van der Waals surface area contributed by atoms with Crippen LogP contribution < -0.4 is 10.5 Å². The van der Waals surface area contributed by atoms with E-state index in [1.54, 1.807) is 20.8 Å². The van der Waals surface area contributed by atoms with E-state index in [4.69, 9.17) is 10.5 Å². The molecule has 0 atom stereocenters. The Labute approximate surface area is 104 Å². The maximum Gasteiger partial charge on any atom is 0.387 e. The average Bonchev–Trinajstić information content (AvgIpc) is 2.13. The quantitative estimate of drug-likeness (QED) is 0.669. The second-order valence-electron chi connectivity index (χ2n) is 4.63. The van der Waals surface area contributed by atoms with Crippen LogP contribution in [0.1, 0.15) is 31.1 Å². The number of nitrogen functional groups attached to an aromatic ring is 1. The highest BCUT2D eigenvalue weighted by Crippen LogP contribution is 2.23. The zero-order valence-electron chi connectivity index (χ0n) is 10.4. The number of hydrogen-bond donors (Lipinski definition) is 1. The molecule has 0 radical (unpaired) electrons. The SMILES string of the molecule is CC(C)(C)OC(=O)c1ccc(OC(F)F)cc1N. The molecule has 6 heteroatoms. The summed E-state index contributed by atoms with van der Waals surface area (Å²) >= 11 is 0. The number of ether oxygens (including phenoxy) is 2. The third-order valence-corrected chi connectivity index (χ3v) is 1.87. The van der Waals surface area contributed by atoms with E-state index < -0.39 is 18.2 Å². The number of carbonyl (C=O) groups excluding carboxylic acids is 1. The second-order valence-corrected chi connectivity index (χ2v) is 4.63. The summed E-state index contributed by atoms with van der Waals surface area (Å²) in [5.41, 5.74) is 5.09. The summed E-state index contributed by atoms with van der Waals surface area (Å²) in [6.07, 6.45) is 0. The standard InChI is InChI=1S/C12H15F2NO3/c1-12(2,3)18-10(16)8-5-4-7(6-9(8)15)17-11(13)14/h4-6,11H,15H2,1-3H3. The van der Waals surface area contributed by atoms with E-state index in [1.807, 2.05) is 0 Å². The molecule has 0 aliphatic carbocycles. The molecule has 0 bridgehead atoms. The van der Waals surface area contributed by atoms with E-state index >= 15 is 0 Å². The number of benzene rings is 1. The predicted molar refractivity (Wildman–Crippen MR) is 62.7 cm³/mol. The Morgan fingerprint density at radius 2 is 1.94 bits per heavy atom. The molecule has 0 saturated heterocycles. The van der Waals surface area contributed by atoms with Gasteiger partial charge in [-0.05, 0) is 32.9 Å². The minimum atomic E-state index is -2.93. The van der Waals surface area contributed by atoms with E-state index in [0.717, 1.165) is 6.07 Å². The Morgan fingerprint density at radius 3 is 2.39 bits per heavy atom. The summed E-state index contributed by atoms with van der Waals surface area (Å²) in [5, 5.41) is 0. The third kappa shape index (κ3) is 4.20. The van der Waals surface area contributed by atoms with Gasteiger partial charge in [-0.3, -0.25) is 0 Å². The summed E-state index contributed by atoms with van der Waals surface area (Å²) in [6.45, 7) is 2.22. The fourth-order valence-electron chi connectivity index (χ4n) is 1.24. The summed E-state index contributed by atoms with van der Waals surface area (Å²) in [5.74, 6) is -0.710. The molecule has 18 heavy (non-hydrogen) atoms. The van der Waals surface area contributed by atoms with Crippen LogP contribution in [0.3, 0.4) is 0 Å². The molecule has 0 heterocycles. The Bertz CT molecular complexity index is 441. The van der Waals surface area contributed by atoms with Gasteiger partial charge in [0.15, 0.2) is 0 Å². The van der Waals surface area contributed by atoms with Crippen molar-refractivity contribution in [2.24, 2.45) is 0 Å². The molecule has 0 fully saturated rings. The first-order chi connectivity index (χ1) is 8.19. The van der Waals surface area contributed by atoms with Crippen molar-refractivity contribution < 1.29 is 23.0 Å². The van der Waals surface area contributed by atoms with E-state index in [-0.39, 0.29) is 17.0 Å². The molecule has 1 aromatic rings. The van der Waals surface area contributed by atoms with Gasteiger partial charge in [-0.2, -0.15) is 8.78 Å². The highest BCUT2D eigenvalue weighted by atomic mass is 19.3. The smallest absolute Gasteiger partial charge is 0.387 e. The molecule has 0 aromatic heterocycles. The van der Waals surface area contributed by atoms with Crippen LogP contribution in [-0.2, 0) is 4.74 Å². The fourth-order valence-corrected chi connectivity index (χ4v) is 1.24. The summed E-state index contributed by atoms with van der Waals surface area (Å²) in [7, 11) is 0. The third-order valence-electron chi connectivity index (χ3n) is 1.87. The highest BCUT2D eigenvalue weighted by Gasteiger charge is 2.20. The van der Waals surface area contributed by atoms with Crippen molar-refractivity contribution >= 4 is 11.7 Å². The van der Waals surface area contributed by atoms with Crippen LogP contribution in [0.4, 0.5) is 14.5 Å². The fraction of sp³-hybridized carbons (Fsp3) is 0.417. The Morgan fingerprint density at radius 1 is 1.33 bits per heavy atom. The molecule has 1 rings (SSSR count). The second kappa shape index (κ2) is 5.20. The topological polar surface area (TPSA) is 61.5 Å². The predicted octanol–water partition coefficient (Wildman–Crippen LogP) is 2.83. The molecule has 0 aliphatic rings. The first-order valence-corrected chi connectivity index (χ1v) is 5.27. The van der Waals surface area contributed by atoms with Gasteiger partial charge in [0.1, 0.15) is 11.4 Å². The summed E-state index contributed by atoms with van der Waals surface area (Å²) in [4.78, 5) is 11.7. The Balaban J connectivity index is 2.89. The normalized spacial score (nSPS) is 11.4. The number of alkyl halides is 2. The van der Waals surface area contributed by atoms with E-state index in [2.05, 4.69) is 4.74 Å². The lowest BCUT2D eigenvalue weighted by atomic mass is 10.1. The number of carbonyl (C=O) groups is 1. The molecule has 1 aromatic carbocycles. The molecule has 0 amide bonds. The van der Waals surface area contributed by atoms with Gasteiger partial charge in [0, 0.05) is 11.8 Å². The average molecular weight is 259 g/mol. The summed E-state index contributed by atoms with van der Waals surface area (Å²) < 4.78 is 33.2. The van der Waals surface area contributed by atoms with Gasteiger partial charge in [0.05, 0.1) is 5.56 Å². The van der Waals surface area contributed by atoms with Crippen molar-refractivity contribution in [3.05, 3.63) is 23.8 Å². The largest absolute Gasteiger partial charge is 0.456 e. The number of nitrogens with two attached hydrogens (primary N) is 1. The molecule has 0 aliphatic heterocycles. The zero-order chi connectivity index (χ0) is 13.9. The number of rotatable bonds is 3. The first-order valence-electron chi connectivity index (χ1n) is 5.27. The van der Waals surface area contributed by atoms with Gasteiger partial charge < -0.3 is 15.2 Å². The van der Waals surface area contributed by atoms with Crippen molar-refractivity contribution in [2.75, 3.05) is 5.73 Å². The van der Waals surface area contributed by atoms with Crippen molar-refractivity contribution in [2.45, 2.75) is 33.0 Å². The van der Waals surface area contributed by atoms with Crippen molar-refractivity contribution in [3.63, 3.8) is 0 Å². The van der Waals surface area contributed by atoms with Crippen LogP contribution in [0.15, 0.2) is 18.2 Å². The molecule has 2 N–H and O–H groups in total. The lowest BCUT2D eigenvalue weighted by molar-refractivity contribution is -0.0497. The molecule has 0 unspecified atom stereocenters. The first kappa shape index (κ1) is 14.2. The van der Waals surface area contributed by atoms with Gasteiger partial charge in [-0.1, -0.05) is 0 Å². The Hall–Kier alpha value is -1.85. The minimum Gasteiger partial charge on any atom is -0.456 e. The number of hydrogen-bond acceptors (Lipinski definition) is 4. The minimum absolute atomic E-state index is 0.0300. The Kier molecular flexibility index (Phi) is 4.11. The van der Waals surface area contributed by atoms with Crippen molar-refractivity contribution in [3.8, 4) is 5.75 Å². The molecule has 4 nitrogen and oxygen atoms in total. The van der Waals surface area contributed by atoms with Crippen LogP contribution >= 0.6 is 0 Å². The molecule has 0 saturated carbocycles. The summed E-state index contributed by atoms with van der Waals surface area (Å²) in [6, 6.07) is 3.69. The van der Waals surface area contributed by atoms with Crippen LogP contribution in [0.5, 0.6) is 5.75 Å². The maximum atomic E-state index is 12.0. The van der Waals surface area contributed by atoms with Gasteiger partial charge >= 0.3 is 12.6 Å². The van der Waals surface area contributed by atoms with Gasteiger partial charge in [0.2, 0.25) is 0 Å². The number of halogens is 2. The molecular formula is C12H15F2NO3. The van der Waals surface area contributed by atoms with Gasteiger partial charge in [0.25, 0.3) is 0 Å². The molecule has 100 valence electrons. The van der Waals surface area contributed by atoms with Gasteiger partial charge in [-0.15, -0.1) is 0 Å².